The highest BCUT2D eigenvalue weighted by molar-refractivity contribution is 5.67. The van der Waals surface area contributed by atoms with Crippen molar-refractivity contribution in [2.24, 2.45) is 11.8 Å². The van der Waals surface area contributed by atoms with Crippen LogP contribution in [-0.2, 0) is 4.74 Å². The monoisotopic (exact) mass is 226 g/mol. The lowest BCUT2D eigenvalue weighted by Gasteiger charge is -2.23. The number of ether oxygens (including phenoxy) is 1. The Hall–Kier alpha value is -1.24. The van der Waals surface area contributed by atoms with E-state index in [1.807, 2.05) is 33.8 Å². The van der Waals surface area contributed by atoms with Gasteiger partial charge in [0.2, 0.25) is 0 Å². The van der Waals surface area contributed by atoms with Crippen LogP contribution in [0.4, 0.5) is 4.79 Å². The summed E-state index contributed by atoms with van der Waals surface area (Å²) in [6.45, 7) is 9.58. The van der Waals surface area contributed by atoms with Gasteiger partial charge in [-0.15, -0.1) is 0 Å². The summed E-state index contributed by atoms with van der Waals surface area (Å²) in [6.07, 6.45) is 0.0430. The van der Waals surface area contributed by atoms with E-state index in [9.17, 15) is 4.79 Å². The molecule has 0 aromatic heterocycles. The van der Waals surface area contributed by atoms with Gasteiger partial charge in [-0.05, 0) is 11.8 Å². The Morgan fingerprint density at radius 2 is 1.94 bits per heavy atom. The quantitative estimate of drug-likeness (QED) is 0.699. The number of hydrogen-bond acceptors (Lipinski definition) is 3. The lowest BCUT2D eigenvalue weighted by atomic mass is 10.2. The van der Waals surface area contributed by atoms with Gasteiger partial charge in [0, 0.05) is 13.1 Å². The molecule has 4 nitrogen and oxygen atoms in total. The Morgan fingerprint density at radius 1 is 1.31 bits per heavy atom. The normalized spacial score (nSPS) is 10.3. The molecule has 0 aromatic carbocycles. The maximum absolute atomic E-state index is 11.7. The second-order valence-electron chi connectivity index (χ2n) is 4.72. The average molecular weight is 226 g/mol. The van der Waals surface area contributed by atoms with Crippen LogP contribution < -0.4 is 0 Å². The second kappa shape index (κ2) is 7.98. The van der Waals surface area contributed by atoms with Crippen LogP contribution in [0.3, 0.4) is 0 Å². The van der Waals surface area contributed by atoms with E-state index in [2.05, 4.69) is 0 Å². The molecule has 0 saturated carbocycles. The summed E-state index contributed by atoms with van der Waals surface area (Å²) < 4.78 is 5.14. The smallest absolute Gasteiger partial charge is 0.409 e. The predicted octanol–water partition coefficient (Wildman–Crippen LogP) is 2.65. The minimum absolute atomic E-state index is 0.308. The van der Waals surface area contributed by atoms with Gasteiger partial charge in [-0.25, -0.2) is 4.79 Å². The van der Waals surface area contributed by atoms with Gasteiger partial charge >= 0.3 is 6.09 Å². The highest BCUT2D eigenvalue weighted by Gasteiger charge is 2.16. The molecule has 0 N–H and O–H groups in total. The first kappa shape index (κ1) is 14.8. The molecule has 0 aliphatic rings. The number of carbonyl (C=O) groups excluding carboxylic acids is 1. The minimum Gasteiger partial charge on any atom is -0.449 e. The van der Waals surface area contributed by atoms with Crippen molar-refractivity contribution in [3.8, 4) is 6.07 Å². The zero-order chi connectivity index (χ0) is 12.6. The summed E-state index contributed by atoms with van der Waals surface area (Å²) in [7, 11) is 0. The first-order valence-electron chi connectivity index (χ1n) is 5.76. The molecule has 0 atom stereocenters. The van der Waals surface area contributed by atoms with Gasteiger partial charge in [0.05, 0.1) is 19.1 Å². The van der Waals surface area contributed by atoms with E-state index in [-0.39, 0.29) is 6.09 Å². The summed E-state index contributed by atoms with van der Waals surface area (Å²) in [4.78, 5) is 13.3. The molecule has 0 fully saturated rings. The third-order valence-corrected chi connectivity index (χ3v) is 1.88. The van der Waals surface area contributed by atoms with Crippen molar-refractivity contribution in [3.63, 3.8) is 0 Å². The van der Waals surface area contributed by atoms with Gasteiger partial charge in [-0.3, -0.25) is 0 Å². The third kappa shape index (κ3) is 7.10. The molecule has 1 amide bonds. The van der Waals surface area contributed by atoms with Crippen molar-refractivity contribution in [3.05, 3.63) is 0 Å². The molecule has 0 radical (unpaired) electrons. The molecule has 16 heavy (non-hydrogen) atoms. The molecule has 0 aromatic rings. The molecular weight excluding hydrogens is 204 g/mol. The van der Waals surface area contributed by atoms with Gasteiger partial charge in [0.25, 0.3) is 0 Å². The topological polar surface area (TPSA) is 53.3 Å². The molecule has 0 spiro atoms. The molecule has 4 heteroatoms. The fourth-order valence-electron chi connectivity index (χ4n) is 1.21. The molecule has 0 aliphatic heterocycles. The Bertz CT molecular complexity index is 244. The largest absolute Gasteiger partial charge is 0.449 e. The molecule has 0 bridgehead atoms. The van der Waals surface area contributed by atoms with Crippen LogP contribution in [0.2, 0.25) is 0 Å². The summed E-state index contributed by atoms with van der Waals surface area (Å²) in [6, 6.07) is 2.04. The van der Waals surface area contributed by atoms with E-state index in [0.29, 0.717) is 38.0 Å². The number of hydrogen-bond donors (Lipinski definition) is 0. The van der Waals surface area contributed by atoms with Crippen molar-refractivity contribution in [1.82, 2.24) is 4.90 Å². The first-order chi connectivity index (χ1) is 7.47. The van der Waals surface area contributed by atoms with Crippen molar-refractivity contribution in [1.29, 1.82) is 5.26 Å². The lowest BCUT2D eigenvalue weighted by Crippen LogP contribution is -2.36. The standard InChI is InChI=1S/C12H22N2O2/c1-10(2)8-14(7-5-6-13)12(15)16-9-11(3)4/h10-11H,5,7-9H2,1-4H3. The Labute approximate surface area is 98.2 Å². The molecular formula is C12H22N2O2. The maximum Gasteiger partial charge on any atom is 0.409 e. The van der Waals surface area contributed by atoms with E-state index in [4.69, 9.17) is 10.00 Å². The lowest BCUT2D eigenvalue weighted by molar-refractivity contribution is 0.0888. The molecule has 0 saturated heterocycles. The average Bonchev–Trinajstić information content (AvgIpc) is 2.20. The van der Waals surface area contributed by atoms with Crippen molar-refractivity contribution >= 4 is 6.09 Å². The van der Waals surface area contributed by atoms with Crippen LogP contribution in [-0.4, -0.2) is 30.7 Å². The summed E-state index contributed by atoms with van der Waals surface area (Å²) in [5, 5.41) is 8.52. The predicted molar refractivity (Wildman–Crippen MR) is 62.8 cm³/mol. The highest BCUT2D eigenvalue weighted by Crippen LogP contribution is 2.04. The van der Waals surface area contributed by atoms with Crippen LogP contribution in [0.1, 0.15) is 34.1 Å². The number of nitrogens with zero attached hydrogens (tertiary/aromatic N) is 2. The third-order valence-electron chi connectivity index (χ3n) is 1.88. The summed E-state index contributed by atoms with van der Waals surface area (Å²) in [5.41, 5.74) is 0. The molecule has 0 aliphatic carbocycles. The van der Waals surface area contributed by atoms with Gasteiger partial charge in [0.1, 0.15) is 0 Å². The van der Waals surface area contributed by atoms with Crippen LogP contribution in [0.25, 0.3) is 0 Å². The van der Waals surface area contributed by atoms with Gasteiger partial charge in [-0.1, -0.05) is 27.7 Å². The first-order valence-corrected chi connectivity index (χ1v) is 5.76. The number of carbonyl (C=O) groups is 1. The second-order valence-corrected chi connectivity index (χ2v) is 4.72. The Balaban J connectivity index is 4.15. The van der Waals surface area contributed by atoms with Crippen LogP contribution in [0, 0.1) is 23.2 Å². The van der Waals surface area contributed by atoms with Crippen LogP contribution >= 0.6 is 0 Å². The zero-order valence-corrected chi connectivity index (χ0v) is 10.7. The Morgan fingerprint density at radius 3 is 2.38 bits per heavy atom. The van der Waals surface area contributed by atoms with Gasteiger partial charge in [0.15, 0.2) is 0 Å². The molecule has 0 rings (SSSR count). The molecule has 0 heterocycles. The van der Waals surface area contributed by atoms with Crippen molar-refractivity contribution in [2.45, 2.75) is 34.1 Å². The van der Waals surface area contributed by atoms with Gasteiger partial charge < -0.3 is 9.64 Å². The number of rotatable bonds is 6. The molecule has 0 unspecified atom stereocenters. The van der Waals surface area contributed by atoms with Crippen LogP contribution in [0.5, 0.6) is 0 Å². The van der Waals surface area contributed by atoms with E-state index < -0.39 is 0 Å². The molecule has 92 valence electrons. The fraction of sp³-hybridized carbons (Fsp3) is 0.833. The van der Waals surface area contributed by atoms with E-state index in [1.165, 1.54) is 0 Å². The fourth-order valence-corrected chi connectivity index (χ4v) is 1.21. The SMILES string of the molecule is CC(C)COC(=O)N(CCC#N)CC(C)C. The van der Waals surface area contributed by atoms with Crippen molar-refractivity contribution < 1.29 is 9.53 Å². The van der Waals surface area contributed by atoms with Crippen molar-refractivity contribution in [2.75, 3.05) is 19.7 Å². The summed E-state index contributed by atoms with van der Waals surface area (Å²) in [5.74, 6) is 0.714. The number of amides is 1. The Kier molecular flexibility index (Phi) is 7.36. The van der Waals surface area contributed by atoms with E-state index in [0.717, 1.165) is 0 Å². The maximum atomic E-state index is 11.7. The minimum atomic E-state index is -0.308. The highest BCUT2D eigenvalue weighted by atomic mass is 16.6. The number of nitriles is 1. The van der Waals surface area contributed by atoms with Crippen LogP contribution in [0.15, 0.2) is 0 Å². The van der Waals surface area contributed by atoms with E-state index in [1.54, 1.807) is 4.90 Å². The van der Waals surface area contributed by atoms with Gasteiger partial charge in [-0.2, -0.15) is 5.26 Å². The van der Waals surface area contributed by atoms with E-state index >= 15 is 0 Å². The zero-order valence-electron chi connectivity index (χ0n) is 10.7. The summed E-state index contributed by atoms with van der Waals surface area (Å²) >= 11 is 0.